The Kier molecular flexibility index (Phi) is 3.15. The Balaban J connectivity index is 2.66. The zero-order chi connectivity index (χ0) is 13.3. The van der Waals surface area contributed by atoms with Crippen LogP contribution in [-0.4, -0.2) is 11.1 Å². The molecule has 1 heterocycles. The lowest BCUT2D eigenvalue weighted by Crippen LogP contribution is -2.09. The van der Waals surface area contributed by atoms with Gasteiger partial charge in [0.05, 0.1) is 17.2 Å². The van der Waals surface area contributed by atoms with Crippen molar-refractivity contribution in [1.29, 1.82) is 0 Å². The average Bonchev–Trinajstić information content (AvgIpc) is 2.26. The van der Waals surface area contributed by atoms with E-state index < -0.39 is 11.7 Å². The summed E-state index contributed by atoms with van der Waals surface area (Å²) in [5.41, 5.74) is -0.822. The van der Waals surface area contributed by atoms with Crippen molar-refractivity contribution in [2.45, 2.75) is 26.1 Å². The lowest BCUT2D eigenvalue weighted by Gasteiger charge is -2.14. The molecule has 0 atom stereocenters. The average molecular weight is 255 g/mol. The number of halogens is 3. The van der Waals surface area contributed by atoms with Gasteiger partial charge < -0.3 is 4.74 Å². The Bertz CT molecular complexity index is 564. The second-order valence-electron chi connectivity index (χ2n) is 4.18. The van der Waals surface area contributed by atoms with Crippen LogP contribution in [-0.2, 0) is 6.18 Å². The number of benzene rings is 1. The number of nitrogens with zero attached hydrogens (tertiary/aromatic N) is 1. The molecule has 0 unspecified atom stereocenters. The van der Waals surface area contributed by atoms with Crippen molar-refractivity contribution in [3.63, 3.8) is 0 Å². The normalized spacial score (nSPS) is 12.1. The van der Waals surface area contributed by atoms with Crippen LogP contribution < -0.4 is 4.74 Å². The summed E-state index contributed by atoms with van der Waals surface area (Å²) in [7, 11) is 0. The first kappa shape index (κ1) is 12.7. The first-order chi connectivity index (χ1) is 8.39. The van der Waals surface area contributed by atoms with E-state index in [1.165, 1.54) is 12.3 Å². The van der Waals surface area contributed by atoms with Crippen molar-refractivity contribution in [3.05, 3.63) is 36.0 Å². The number of fused-ring (bicyclic) bond motifs is 1. The van der Waals surface area contributed by atoms with Gasteiger partial charge in [-0.25, -0.2) is 0 Å². The molecule has 0 radical (unpaired) electrons. The molecule has 0 fully saturated rings. The van der Waals surface area contributed by atoms with Crippen molar-refractivity contribution in [2.75, 3.05) is 0 Å². The van der Waals surface area contributed by atoms with Gasteiger partial charge in [-0.15, -0.1) is 0 Å². The first-order valence-electron chi connectivity index (χ1n) is 5.51. The van der Waals surface area contributed by atoms with Crippen molar-refractivity contribution in [1.82, 2.24) is 4.98 Å². The predicted molar refractivity (Wildman–Crippen MR) is 62.5 cm³/mol. The van der Waals surface area contributed by atoms with E-state index in [1.54, 1.807) is 12.1 Å². The fraction of sp³-hybridized carbons (Fsp3) is 0.308. The third-order valence-corrected chi connectivity index (χ3v) is 2.40. The van der Waals surface area contributed by atoms with Crippen LogP contribution in [0.5, 0.6) is 5.75 Å². The summed E-state index contributed by atoms with van der Waals surface area (Å²) in [5.74, 6) is 0.418. The molecule has 0 N–H and O–H groups in total. The summed E-state index contributed by atoms with van der Waals surface area (Å²) >= 11 is 0. The zero-order valence-corrected chi connectivity index (χ0v) is 9.95. The Labute approximate surface area is 102 Å². The maximum atomic E-state index is 12.8. The summed E-state index contributed by atoms with van der Waals surface area (Å²) in [4.78, 5) is 3.82. The second-order valence-corrected chi connectivity index (χ2v) is 4.18. The number of alkyl halides is 3. The highest BCUT2D eigenvalue weighted by atomic mass is 19.4. The number of hydrogen-bond acceptors (Lipinski definition) is 2. The van der Waals surface area contributed by atoms with Crippen molar-refractivity contribution in [3.8, 4) is 5.75 Å². The van der Waals surface area contributed by atoms with Gasteiger partial charge in [0.15, 0.2) is 0 Å². The smallest absolute Gasteiger partial charge is 0.418 e. The molecule has 96 valence electrons. The molecule has 0 spiro atoms. The van der Waals surface area contributed by atoms with E-state index in [4.69, 9.17) is 4.74 Å². The van der Waals surface area contributed by atoms with Crippen LogP contribution >= 0.6 is 0 Å². The molecule has 0 aliphatic rings. The van der Waals surface area contributed by atoms with Gasteiger partial charge in [-0.2, -0.15) is 13.2 Å². The summed E-state index contributed by atoms with van der Waals surface area (Å²) in [6, 6.07) is 5.53. The fourth-order valence-electron chi connectivity index (χ4n) is 1.74. The van der Waals surface area contributed by atoms with Crippen LogP contribution in [0, 0.1) is 0 Å². The minimum atomic E-state index is -4.41. The van der Waals surface area contributed by atoms with Crippen molar-refractivity contribution >= 4 is 10.9 Å². The first-order valence-corrected chi connectivity index (χ1v) is 5.51. The Morgan fingerprint density at radius 3 is 2.50 bits per heavy atom. The highest BCUT2D eigenvalue weighted by molar-refractivity contribution is 5.87. The topological polar surface area (TPSA) is 22.1 Å². The lowest BCUT2D eigenvalue weighted by molar-refractivity contribution is -0.136. The third kappa shape index (κ3) is 2.39. The highest BCUT2D eigenvalue weighted by Gasteiger charge is 2.33. The molecule has 0 aliphatic heterocycles. The zero-order valence-electron chi connectivity index (χ0n) is 9.95. The number of ether oxygens (including phenoxy) is 1. The van der Waals surface area contributed by atoms with Crippen LogP contribution in [0.2, 0.25) is 0 Å². The lowest BCUT2D eigenvalue weighted by atomic mass is 10.1. The largest absolute Gasteiger partial charge is 0.490 e. The molecule has 1 aromatic heterocycles. The Morgan fingerprint density at radius 1 is 1.17 bits per heavy atom. The van der Waals surface area contributed by atoms with E-state index in [0.717, 1.165) is 6.07 Å². The van der Waals surface area contributed by atoms with Crippen LogP contribution in [0.15, 0.2) is 30.5 Å². The standard InChI is InChI=1S/C13H12F3NO/c1-8(2)18-11-6-7-17-12-9(11)4-3-5-10(12)13(14,15)16/h3-8H,1-2H3. The molecule has 2 aromatic rings. The molecule has 2 rings (SSSR count). The van der Waals surface area contributed by atoms with Crippen LogP contribution in [0.25, 0.3) is 10.9 Å². The van der Waals surface area contributed by atoms with E-state index >= 15 is 0 Å². The van der Waals surface area contributed by atoms with Gasteiger partial charge >= 0.3 is 6.18 Å². The van der Waals surface area contributed by atoms with Crippen LogP contribution in [0.4, 0.5) is 13.2 Å². The predicted octanol–water partition coefficient (Wildman–Crippen LogP) is 4.04. The second kappa shape index (κ2) is 4.48. The van der Waals surface area contributed by atoms with Crippen LogP contribution in [0.3, 0.4) is 0 Å². The van der Waals surface area contributed by atoms with E-state index in [1.807, 2.05) is 13.8 Å². The van der Waals surface area contributed by atoms with Crippen LogP contribution in [0.1, 0.15) is 19.4 Å². The number of pyridine rings is 1. The third-order valence-electron chi connectivity index (χ3n) is 2.40. The van der Waals surface area contributed by atoms with Gasteiger partial charge in [-0.05, 0) is 32.0 Å². The van der Waals surface area contributed by atoms with Gasteiger partial charge in [0.2, 0.25) is 0 Å². The maximum absolute atomic E-state index is 12.8. The molecule has 5 heteroatoms. The Hall–Kier alpha value is -1.78. The quantitative estimate of drug-likeness (QED) is 0.807. The molecule has 0 amide bonds. The van der Waals surface area contributed by atoms with Gasteiger partial charge in [0, 0.05) is 11.6 Å². The molecule has 18 heavy (non-hydrogen) atoms. The fourth-order valence-corrected chi connectivity index (χ4v) is 1.74. The van der Waals surface area contributed by atoms with Gasteiger partial charge in [0.1, 0.15) is 5.75 Å². The molecule has 0 bridgehead atoms. The molecular formula is C13H12F3NO. The molecule has 0 saturated carbocycles. The molecule has 2 nitrogen and oxygen atoms in total. The van der Waals surface area contributed by atoms with Gasteiger partial charge in [0.25, 0.3) is 0 Å². The van der Waals surface area contributed by atoms with Crippen molar-refractivity contribution < 1.29 is 17.9 Å². The summed E-state index contributed by atoms with van der Waals surface area (Å²) in [6.45, 7) is 3.64. The number of aromatic nitrogens is 1. The summed E-state index contributed by atoms with van der Waals surface area (Å²) < 4.78 is 44.0. The SMILES string of the molecule is CC(C)Oc1ccnc2c(C(F)(F)F)cccc12. The Morgan fingerprint density at radius 2 is 1.89 bits per heavy atom. The minimum Gasteiger partial charge on any atom is -0.490 e. The molecule has 1 aromatic carbocycles. The number of rotatable bonds is 2. The van der Waals surface area contributed by atoms with Gasteiger partial charge in [-0.1, -0.05) is 6.07 Å². The minimum absolute atomic E-state index is 0.0804. The summed E-state index contributed by atoms with van der Waals surface area (Å²) in [5, 5.41) is 0.376. The molecule has 0 aliphatic carbocycles. The highest BCUT2D eigenvalue weighted by Crippen LogP contribution is 2.36. The monoisotopic (exact) mass is 255 g/mol. The molecular weight excluding hydrogens is 243 g/mol. The molecule has 0 saturated heterocycles. The van der Waals surface area contributed by atoms with E-state index in [0.29, 0.717) is 11.1 Å². The van der Waals surface area contributed by atoms with Crippen molar-refractivity contribution in [2.24, 2.45) is 0 Å². The maximum Gasteiger partial charge on any atom is 0.418 e. The van der Waals surface area contributed by atoms with Gasteiger partial charge in [-0.3, -0.25) is 4.98 Å². The van der Waals surface area contributed by atoms with E-state index in [2.05, 4.69) is 4.98 Å². The van der Waals surface area contributed by atoms with E-state index in [9.17, 15) is 13.2 Å². The number of para-hydroxylation sites is 1. The summed E-state index contributed by atoms with van der Waals surface area (Å²) in [6.07, 6.45) is -3.19. The number of hydrogen-bond donors (Lipinski definition) is 0. The van der Waals surface area contributed by atoms with E-state index in [-0.39, 0.29) is 11.6 Å².